The summed E-state index contributed by atoms with van der Waals surface area (Å²) in [5, 5.41) is 0. The van der Waals surface area contributed by atoms with Crippen LogP contribution in [0.4, 0.5) is 4.79 Å². The van der Waals surface area contributed by atoms with Crippen molar-refractivity contribution in [2.75, 3.05) is 13.7 Å². The molecule has 0 saturated carbocycles. The highest BCUT2D eigenvalue weighted by molar-refractivity contribution is 5.59. The number of ether oxygens (including phenoxy) is 2. The van der Waals surface area contributed by atoms with Crippen LogP contribution in [0.5, 0.6) is 0 Å². The van der Waals surface area contributed by atoms with Crippen LogP contribution in [-0.4, -0.2) is 19.9 Å². The van der Waals surface area contributed by atoms with E-state index < -0.39 is 6.16 Å². The highest BCUT2D eigenvalue weighted by atomic mass is 16.7. The van der Waals surface area contributed by atoms with Gasteiger partial charge < -0.3 is 9.47 Å². The van der Waals surface area contributed by atoms with Gasteiger partial charge >= 0.3 is 6.16 Å². The van der Waals surface area contributed by atoms with E-state index in [9.17, 15) is 4.79 Å². The molecule has 0 atom stereocenters. The first kappa shape index (κ1) is 15.5. The molecule has 1 aromatic carbocycles. The quantitative estimate of drug-likeness (QED) is 0.573. The third kappa shape index (κ3) is 4.93. The van der Waals surface area contributed by atoms with Crippen LogP contribution < -0.4 is 0 Å². The Kier molecular flexibility index (Phi) is 5.87. The highest BCUT2D eigenvalue weighted by Crippen LogP contribution is 2.27. The number of carbonyl (C=O) groups excluding carboxylic acids is 1. The molecule has 19 heavy (non-hydrogen) atoms. The lowest BCUT2D eigenvalue weighted by Crippen LogP contribution is -2.15. The largest absolute Gasteiger partial charge is 0.507 e. The lowest BCUT2D eigenvalue weighted by Gasteiger charge is -2.23. The molecule has 0 unspecified atom stereocenters. The van der Waals surface area contributed by atoms with Gasteiger partial charge in [-0.05, 0) is 35.8 Å². The molecule has 0 N–H and O–H groups in total. The van der Waals surface area contributed by atoms with E-state index in [2.05, 4.69) is 49.8 Å². The number of aryl methyl sites for hydroxylation is 1. The van der Waals surface area contributed by atoms with Crippen molar-refractivity contribution in [2.24, 2.45) is 0 Å². The van der Waals surface area contributed by atoms with Crippen LogP contribution in [0.15, 0.2) is 24.3 Å². The van der Waals surface area contributed by atoms with E-state index in [4.69, 9.17) is 4.74 Å². The number of benzene rings is 1. The molecule has 0 radical (unpaired) electrons. The van der Waals surface area contributed by atoms with Crippen LogP contribution in [-0.2, 0) is 21.3 Å². The molecule has 0 saturated heterocycles. The summed E-state index contributed by atoms with van der Waals surface area (Å²) in [4.78, 5) is 10.8. The van der Waals surface area contributed by atoms with Crippen LogP contribution in [0.2, 0.25) is 0 Å². The molecular weight excluding hydrogens is 240 g/mol. The van der Waals surface area contributed by atoms with Gasteiger partial charge in [-0.3, -0.25) is 0 Å². The second kappa shape index (κ2) is 7.17. The van der Waals surface area contributed by atoms with Crippen molar-refractivity contribution >= 4 is 6.16 Å². The number of hydrogen-bond acceptors (Lipinski definition) is 3. The standard InChI is InChI=1S/C16H24O3/c1-5-16(2,3)14-10-6-8-13(12-14)9-7-11-19-15(17)18-4/h6,8,10,12H,5,7,9,11H2,1-4H3. The maximum absolute atomic E-state index is 10.8. The van der Waals surface area contributed by atoms with Crippen molar-refractivity contribution in [1.29, 1.82) is 0 Å². The summed E-state index contributed by atoms with van der Waals surface area (Å²) in [7, 11) is 1.32. The number of rotatable bonds is 6. The molecule has 0 heterocycles. The van der Waals surface area contributed by atoms with Crippen LogP contribution in [0.25, 0.3) is 0 Å². The average Bonchev–Trinajstić information content (AvgIpc) is 2.43. The molecular formula is C16H24O3. The predicted molar refractivity (Wildman–Crippen MR) is 76.4 cm³/mol. The minimum Gasteiger partial charge on any atom is -0.438 e. The third-order valence-corrected chi connectivity index (χ3v) is 3.59. The Hall–Kier alpha value is -1.51. The number of methoxy groups -OCH3 is 1. The Morgan fingerprint density at radius 3 is 2.68 bits per heavy atom. The molecule has 3 nitrogen and oxygen atoms in total. The van der Waals surface area contributed by atoms with Gasteiger partial charge in [0.2, 0.25) is 0 Å². The fourth-order valence-electron chi connectivity index (χ4n) is 1.84. The van der Waals surface area contributed by atoms with Crippen LogP contribution >= 0.6 is 0 Å². The molecule has 1 aromatic rings. The fraction of sp³-hybridized carbons (Fsp3) is 0.562. The van der Waals surface area contributed by atoms with Gasteiger partial charge in [0.05, 0.1) is 13.7 Å². The second-order valence-electron chi connectivity index (χ2n) is 5.34. The van der Waals surface area contributed by atoms with Crippen LogP contribution in [0.3, 0.4) is 0 Å². The van der Waals surface area contributed by atoms with E-state index in [1.807, 2.05) is 0 Å². The summed E-state index contributed by atoms with van der Waals surface area (Å²) >= 11 is 0. The lowest BCUT2D eigenvalue weighted by atomic mass is 9.81. The molecule has 0 aromatic heterocycles. The van der Waals surface area contributed by atoms with Crippen LogP contribution in [0.1, 0.15) is 44.7 Å². The Morgan fingerprint density at radius 2 is 2.05 bits per heavy atom. The van der Waals surface area contributed by atoms with E-state index in [0.29, 0.717) is 6.61 Å². The van der Waals surface area contributed by atoms with Gasteiger partial charge in [0.15, 0.2) is 0 Å². The highest BCUT2D eigenvalue weighted by Gasteiger charge is 2.17. The fourth-order valence-corrected chi connectivity index (χ4v) is 1.84. The Labute approximate surface area is 115 Å². The Bertz CT molecular complexity index is 410. The monoisotopic (exact) mass is 264 g/mol. The number of hydrogen-bond donors (Lipinski definition) is 0. The third-order valence-electron chi connectivity index (χ3n) is 3.59. The van der Waals surface area contributed by atoms with Gasteiger partial charge in [0, 0.05) is 0 Å². The maximum Gasteiger partial charge on any atom is 0.507 e. The SMILES string of the molecule is CCC(C)(C)c1cccc(CCCOC(=O)OC)c1. The minimum atomic E-state index is -0.610. The van der Waals surface area contributed by atoms with E-state index >= 15 is 0 Å². The topological polar surface area (TPSA) is 35.5 Å². The summed E-state index contributed by atoms with van der Waals surface area (Å²) in [6, 6.07) is 8.65. The van der Waals surface area contributed by atoms with Gasteiger partial charge in [-0.15, -0.1) is 0 Å². The summed E-state index contributed by atoms with van der Waals surface area (Å²) in [6.07, 6.45) is 2.22. The molecule has 0 fully saturated rings. The van der Waals surface area contributed by atoms with E-state index in [1.165, 1.54) is 18.2 Å². The van der Waals surface area contributed by atoms with Gasteiger partial charge in [0.25, 0.3) is 0 Å². The van der Waals surface area contributed by atoms with Crippen molar-refractivity contribution in [3.8, 4) is 0 Å². The Morgan fingerprint density at radius 1 is 1.32 bits per heavy atom. The van der Waals surface area contributed by atoms with E-state index in [1.54, 1.807) is 0 Å². The van der Waals surface area contributed by atoms with Gasteiger partial charge in [0.1, 0.15) is 0 Å². The Balaban J connectivity index is 2.51. The molecule has 0 aliphatic heterocycles. The first-order valence-electron chi connectivity index (χ1n) is 6.79. The summed E-state index contributed by atoms with van der Waals surface area (Å²) < 4.78 is 9.29. The maximum atomic E-state index is 10.8. The smallest absolute Gasteiger partial charge is 0.438 e. The predicted octanol–water partition coefficient (Wildman–Crippen LogP) is 4.09. The molecule has 0 aliphatic carbocycles. The summed E-state index contributed by atoms with van der Waals surface area (Å²) in [6.45, 7) is 7.11. The van der Waals surface area contributed by atoms with E-state index in [0.717, 1.165) is 19.3 Å². The van der Waals surface area contributed by atoms with Gasteiger partial charge in [-0.25, -0.2) is 4.79 Å². The van der Waals surface area contributed by atoms with Crippen LogP contribution in [0, 0.1) is 0 Å². The number of carbonyl (C=O) groups is 1. The van der Waals surface area contributed by atoms with Gasteiger partial charge in [-0.2, -0.15) is 0 Å². The zero-order valence-corrected chi connectivity index (χ0v) is 12.4. The summed E-state index contributed by atoms with van der Waals surface area (Å²) in [5.74, 6) is 0. The zero-order valence-electron chi connectivity index (χ0n) is 12.4. The van der Waals surface area contributed by atoms with Crippen molar-refractivity contribution in [1.82, 2.24) is 0 Å². The molecule has 1 rings (SSSR count). The van der Waals surface area contributed by atoms with Crippen molar-refractivity contribution in [3.63, 3.8) is 0 Å². The summed E-state index contributed by atoms with van der Waals surface area (Å²) in [5.41, 5.74) is 2.85. The zero-order chi connectivity index (χ0) is 14.3. The molecule has 3 heteroatoms. The van der Waals surface area contributed by atoms with Crippen molar-refractivity contribution in [3.05, 3.63) is 35.4 Å². The van der Waals surface area contributed by atoms with Crippen molar-refractivity contribution in [2.45, 2.75) is 45.4 Å². The van der Waals surface area contributed by atoms with E-state index in [-0.39, 0.29) is 5.41 Å². The molecule has 106 valence electrons. The first-order valence-corrected chi connectivity index (χ1v) is 6.79. The second-order valence-corrected chi connectivity index (χ2v) is 5.34. The molecule has 0 bridgehead atoms. The molecule has 0 spiro atoms. The molecule has 0 aliphatic rings. The minimum absolute atomic E-state index is 0.207. The average molecular weight is 264 g/mol. The van der Waals surface area contributed by atoms with Crippen molar-refractivity contribution < 1.29 is 14.3 Å². The lowest BCUT2D eigenvalue weighted by molar-refractivity contribution is 0.0719. The first-order chi connectivity index (χ1) is 8.99. The molecule has 0 amide bonds. The normalized spacial score (nSPS) is 11.2. The van der Waals surface area contributed by atoms with Gasteiger partial charge in [-0.1, -0.05) is 45.0 Å².